The highest BCUT2D eigenvalue weighted by Crippen LogP contribution is 2.24. The minimum Gasteiger partial charge on any atom is -0.497 e. The third-order valence-electron chi connectivity index (χ3n) is 5.08. The van der Waals surface area contributed by atoms with Crippen molar-refractivity contribution in [3.8, 4) is 5.75 Å². The summed E-state index contributed by atoms with van der Waals surface area (Å²) < 4.78 is 5.34. The maximum Gasteiger partial charge on any atom is 0.223 e. The number of benzene rings is 2. The number of hydrogen-bond donors (Lipinski definition) is 0. The van der Waals surface area contributed by atoms with E-state index in [0.29, 0.717) is 25.9 Å². The minimum atomic E-state index is -0.143. The Morgan fingerprint density at radius 3 is 2.60 bits per heavy atom. The molecule has 0 spiro atoms. The van der Waals surface area contributed by atoms with Crippen LogP contribution in [0.4, 0.5) is 0 Å². The van der Waals surface area contributed by atoms with Crippen LogP contribution in [0.3, 0.4) is 0 Å². The molecule has 2 aromatic rings. The predicted octanol–water partition coefficient (Wildman–Crippen LogP) is 4.96. The second-order valence-corrected chi connectivity index (χ2v) is 9.20. The summed E-state index contributed by atoms with van der Waals surface area (Å²) in [7, 11) is 1.65. The van der Waals surface area contributed by atoms with Gasteiger partial charge in [0.15, 0.2) is 6.10 Å². The molecule has 5 nitrogen and oxygen atoms in total. The number of carbonyl (C=O) groups excluding carboxylic acids is 1. The van der Waals surface area contributed by atoms with E-state index in [1.165, 1.54) is 5.56 Å². The van der Waals surface area contributed by atoms with Crippen molar-refractivity contribution >= 4 is 11.6 Å². The van der Waals surface area contributed by atoms with Crippen molar-refractivity contribution < 1.29 is 14.4 Å². The minimum absolute atomic E-state index is 0.0796. The number of amides is 1. The molecule has 1 atom stereocenters. The fourth-order valence-electron chi connectivity index (χ4n) is 3.50. The molecule has 1 aliphatic rings. The molecule has 30 heavy (non-hydrogen) atoms. The van der Waals surface area contributed by atoms with Gasteiger partial charge >= 0.3 is 0 Å². The fraction of sp³-hybridized carbons (Fsp3) is 0.440. The third-order valence-corrected chi connectivity index (χ3v) is 5.08. The van der Waals surface area contributed by atoms with Crippen LogP contribution in [0.1, 0.15) is 50.3 Å². The lowest BCUT2D eigenvalue weighted by Gasteiger charge is -2.28. The van der Waals surface area contributed by atoms with E-state index >= 15 is 0 Å². The molecule has 1 aliphatic heterocycles. The topological polar surface area (TPSA) is 51.1 Å². The van der Waals surface area contributed by atoms with E-state index in [9.17, 15) is 4.79 Å². The molecule has 0 aliphatic carbocycles. The normalized spacial score (nSPS) is 16.0. The molecule has 0 radical (unpaired) electrons. The smallest absolute Gasteiger partial charge is 0.223 e. The number of nitrogens with zero attached hydrogens (tertiary/aromatic N) is 2. The van der Waals surface area contributed by atoms with Gasteiger partial charge in [0.1, 0.15) is 5.75 Å². The van der Waals surface area contributed by atoms with Gasteiger partial charge in [-0.3, -0.25) is 4.79 Å². The highest BCUT2D eigenvalue weighted by Gasteiger charge is 2.28. The summed E-state index contributed by atoms with van der Waals surface area (Å²) in [6, 6.07) is 16.1. The molecular formula is C25H32N2O3. The van der Waals surface area contributed by atoms with Gasteiger partial charge in [-0.2, -0.15) is 0 Å². The fourth-order valence-corrected chi connectivity index (χ4v) is 3.50. The van der Waals surface area contributed by atoms with E-state index in [4.69, 9.17) is 9.57 Å². The lowest BCUT2D eigenvalue weighted by molar-refractivity contribution is -0.135. The number of hydrogen-bond acceptors (Lipinski definition) is 4. The number of aryl methyl sites for hydroxylation is 1. The van der Waals surface area contributed by atoms with Gasteiger partial charge in [0, 0.05) is 19.4 Å². The second-order valence-electron chi connectivity index (χ2n) is 9.20. The summed E-state index contributed by atoms with van der Waals surface area (Å²) in [4.78, 5) is 20.7. The summed E-state index contributed by atoms with van der Waals surface area (Å²) in [5, 5.41) is 4.30. The average Bonchev–Trinajstić information content (AvgIpc) is 3.15. The van der Waals surface area contributed by atoms with E-state index in [0.717, 1.165) is 22.6 Å². The molecule has 5 heteroatoms. The lowest BCUT2D eigenvalue weighted by atomic mass is 9.91. The molecule has 0 bridgehead atoms. The van der Waals surface area contributed by atoms with Gasteiger partial charge in [0.2, 0.25) is 5.91 Å². The summed E-state index contributed by atoms with van der Waals surface area (Å²) in [6.45, 7) is 9.34. The van der Waals surface area contributed by atoms with Crippen molar-refractivity contribution in [1.29, 1.82) is 0 Å². The molecule has 0 aromatic heterocycles. The van der Waals surface area contributed by atoms with E-state index < -0.39 is 0 Å². The van der Waals surface area contributed by atoms with Crippen molar-refractivity contribution in [2.45, 2.75) is 53.2 Å². The standard InChI is InChI=1S/C25H32N2O3/c1-18-9-11-20(12-10-18)23-14-22(30-26-23)17-27(24(28)15-25(2,3)4)16-19-7-6-8-21(13-19)29-5/h6-13,22H,14-17H2,1-5H3. The van der Waals surface area contributed by atoms with Crippen LogP contribution in [0.5, 0.6) is 5.75 Å². The summed E-state index contributed by atoms with van der Waals surface area (Å²) in [5.74, 6) is 0.913. The summed E-state index contributed by atoms with van der Waals surface area (Å²) in [5.41, 5.74) is 4.18. The first-order valence-electron chi connectivity index (χ1n) is 10.4. The van der Waals surface area contributed by atoms with Gasteiger partial charge in [-0.15, -0.1) is 0 Å². The lowest BCUT2D eigenvalue weighted by Crippen LogP contribution is -2.38. The zero-order valence-electron chi connectivity index (χ0n) is 18.6. The first-order chi connectivity index (χ1) is 14.2. The molecular weight excluding hydrogens is 376 g/mol. The Labute approximate surface area is 179 Å². The number of rotatable bonds is 7. The quantitative estimate of drug-likeness (QED) is 0.650. The van der Waals surface area contributed by atoms with Crippen LogP contribution >= 0.6 is 0 Å². The molecule has 0 saturated heterocycles. The van der Waals surface area contributed by atoms with E-state index in [1.54, 1.807) is 7.11 Å². The van der Waals surface area contributed by atoms with E-state index in [1.807, 2.05) is 29.2 Å². The van der Waals surface area contributed by atoms with Crippen LogP contribution in [0.15, 0.2) is 53.7 Å². The monoisotopic (exact) mass is 408 g/mol. The molecule has 0 fully saturated rings. The van der Waals surface area contributed by atoms with Crippen molar-refractivity contribution in [3.63, 3.8) is 0 Å². The van der Waals surface area contributed by atoms with Crippen molar-refractivity contribution in [3.05, 3.63) is 65.2 Å². The highest BCUT2D eigenvalue weighted by atomic mass is 16.6. The average molecular weight is 409 g/mol. The summed E-state index contributed by atoms with van der Waals surface area (Å²) >= 11 is 0. The second kappa shape index (κ2) is 9.33. The van der Waals surface area contributed by atoms with Crippen LogP contribution < -0.4 is 4.74 Å². The molecule has 0 N–H and O–H groups in total. The van der Waals surface area contributed by atoms with Gasteiger partial charge in [0.05, 0.1) is 19.4 Å². The molecule has 0 saturated carbocycles. The first kappa shape index (κ1) is 21.9. The Balaban J connectivity index is 1.70. The zero-order valence-corrected chi connectivity index (χ0v) is 18.6. The molecule has 3 rings (SSSR count). The maximum atomic E-state index is 13.1. The Kier molecular flexibility index (Phi) is 6.80. The maximum absolute atomic E-state index is 13.1. The number of carbonyl (C=O) groups is 1. The van der Waals surface area contributed by atoms with Crippen LogP contribution in [0.25, 0.3) is 0 Å². The van der Waals surface area contributed by atoms with Crippen LogP contribution in [0, 0.1) is 12.3 Å². The zero-order chi connectivity index (χ0) is 21.7. The SMILES string of the molecule is COc1cccc(CN(CC2CC(c3ccc(C)cc3)=NO2)C(=O)CC(C)(C)C)c1. The van der Waals surface area contributed by atoms with Crippen molar-refractivity contribution in [2.75, 3.05) is 13.7 Å². The predicted molar refractivity (Wildman–Crippen MR) is 120 cm³/mol. The van der Waals surface area contributed by atoms with Crippen molar-refractivity contribution in [2.24, 2.45) is 10.6 Å². The van der Waals surface area contributed by atoms with Gasteiger partial charge in [-0.25, -0.2) is 0 Å². The van der Waals surface area contributed by atoms with Crippen molar-refractivity contribution in [1.82, 2.24) is 4.90 Å². The molecule has 160 valence electrons. The van der Waals surface area contributed by atoms with Gasteiger partial charge in [-0.05, 0) is 35.6 Å². The van der Waals surface area contributed by atoms with Gasteiger partial charge < -0.3 is 14.5 Å². The van der Waals surface area contributed by atoms with Gasteiger partial charge in [-0.1, -0.05) is 67.9 Å². The molecule has 1 unspecified atom stereocenters. The molecule has 1 amide bonds. The number of ether oxygens (including phenoxy) is 1. The van der Waals surface area contributed by atoms with E-state index in [-0.39, 0.29) is 17.4 Å². The first-order valence-corrected chi connectivity index (χ1v) is 10.4. The Hall–Kier alpha value is -2.82. The Morgan fingerprint density at radius 1 is 1.20 bits per heavy atom. The number of methoxy groups -OCH3 is 1. The molecule has 1 heterocycles. The third kappa shape index (κ3) is 6.09. The number of oxime groups is 1. The largest absolute Gasteiger partial charge is 0.497 e. The molecule has 2 aromatic carbocycles. The van der Waals surface area contributed by atoms with E-state index in [2.05, 4.69) is 57.1 Å². The Morgan fingerprint density at radius 2 is 1.93 bits per heavy atom. The van der Waals surface area contributed by atoms with Crippen LogP contribution in [0.2, 0.25) is 0 Å². The summed E-state index contributed by atoms with van der Waals surface area (Å²) in [6.07, 6.45) is 1.03. The Bertz CT molecular complexity index is 897. The highest BCUT2D eigenvalue weighted by molar-refractivity contribution is 6.01. The van der Waals surface area contributed by atoms with Gasteiger partial charge in [0.25, 0.3) is 0 Å². The van der Waals surface area contributed by atoms with Crippen LogP contribution in [-0.2, 0) is 16.2 Å². The van der Waals surface area contributed by atoms with Crippen LogP contribution in [-0.4, -0.2) is 36.3 Å².